The molecule has 0 aromatic carbocycles. The molecule has 1 rings (SSSR count). The molecule has 6 heteroatoms. The fourth-order valence-electron chi connectivity index (χ4n) is 1.09. The van der Waals surface area contributed by atoms with Gasteiger partial charge in [-0.1, -0.05) is 15.9 Å². The number of carbonyl (C=O) groups is 2. The molecule has 0 atom stereocenters. The van der Waals surface area contributed by atoms with Crippen LogP contribution in [0.15, 0.2) is 12.1 Å². The molecular weight excluding hydrogens is 278 g/mol. The third-order valence-electron chi connectivity index (χ3n) is 1.86. The smallest absolute Gasteiger partial charge is 0.356 e. The van der Waals surface area contributed by atoms with Crippen molar-refractivity contribution in [3.05, 3.63) is 23.5 Å². The van der Waals surface area contributed by atoms with E-state index in [-0.39, 0.29) is 22.5 Å². The van der Waals surface area contributed by atoms with Crippen LogP contribution in [0, 0.1) is 0 Å². The number of halogens is 1. The van der Waals surface area contributed by atoms with Crippen molar-refractivity contribution in [3.8, 4) is 5.75 Å². The number of esters is 1. The van der Waals surface area contributed by atoms with Gasteiger partial charge in [0.15, 0.2) is 5.78 Å². The maximum Gasteiger partial charge on any atom is 0.356 e. The lowest BCUT2D eigenvalue weighted by Gasteiger charge is -2.06. The average molecular weight is 288 g/mol. The number of ketones is 1. The number of rotatable bonds is 4. The lowest BCUT2D eigenvalue weighted by atomic mass is 10.2. The second kappa shape index (κ2) is 5.60. The van der Waals surface area contributed by atoms with Crippen molar-refractivity contribution in [1.29, 1.82) is 0 Å². The maximum absolute atomic E-state index is 11.5. The Morgan fingerprint density at radius 1 is 1.38 bits per heavy atom. The van der Waals surface area contributed by atoms with Crippen LogP contribution in [0.1, 0.15) is 21.0 Å². The van der Waals surface area contributed by atoms with E-state index in [1.807, 2.05) is 0 Å². The molecule has 0 saturated heterocycles. The van der Waals surface area contributed by atoms with Crippen molar-refractivity contribution >= 4 is 27.7 Å². The summed E-state index contributed by atoms with van der Waals surface area (Å²) in [6.07, 6.45) is 0. The number of pyridine rings is 1. The Bertz CT molecular complexity index is 419. The van der Waals surface area contributed by atoms with Crippen LogP contribution in [0.2, 0.25) is 0 Å². The van der Waals surface area contributed by atoms with E-state index in [2.05, 4.69) is 25.7 Å². The van der Waals surface area contributed by atoms with Crippen molar-refractivity contribution in [2.75, 3.05) is 19.5 Å². The van der Waals surface area contributed by atoms with Crippen molar-refractivity contribution in [3.63, 3.8) is 0 Å². The summed E-state index contributed by atoms with van der Waals surface area (Å²) in [6, 6.07) is 2.95. The molecule has 0 amide bonds. The van der Waals surface area contributed by atoms with E-state index in [0.717, 1.165) is 0 Å². The van der Waals surface area contributed by atoms with Gasteiger partial charge in [0.25, 0.3) is 0 Å². The number of hydrogen-bond donors (Lipinski definition) is 0. The van der Waals surface area contributed by atoms with Gasteiger partial charge in [0.05, 0.1) is 19.5 Å². The summed E-state index contributed by atoms with van der Waals surface area (Å²) < 4.78 is 9.49. The van der Waals surface area contributed by atoms with E-state index < -0.39 is 5.97 Å². The highest BCUT2D eigenvalue weighted by molar-refractivity contribution is 9.09. The highest BCUT2D eigenvalue weighted by Crippen LogP contribution is 2.18. The van der Waals surface area contributed by atoms with Gasteiger partial charge in [-0.05, 0) is 12.1 Å². The normalized spacial score (nSPS) is 9.69. The molecule has 0 N–H and O–H groups in total. The molecule has 0 aliphatic heterocycles. The van der Waals surface area contributed by atoms with Gasteiger partial charge in [0.2, 0.25) is 0 Å². The van der Waals surface area contributed by atoms with E-state index in [0.29, 0.717) is 5.75 Å². The van der Waals surface area contributed by atoms with Gasteiger partial charge in [-0.15, -0.1) is 0 Å². The van der Waals surface area contributed by atoms with Crippen LogP contribution in [-0.4, -0.2) is 36.3 Å². The second-order valence-corrected chi connectivity index (χ2v) is 3.36. The molecule has 0 aliphatic rings. The standard InChI is InChI=1S/C10H10BrNO4/c1-15-8-4-3-6(10(14)16-2)12-9(8)7(13)5-11/h3-4H,5H2,1-2H3. The van der Waals surface area contributed by atoms with Gasteiger partial charge in [-0.25, -0.2) is 9.78 Å². The molecule has 1 aromatic rings. The number of hydrogen-bond acceptors (Lipinski definition) is 5. The number of nitrogens with zero attached hydrogens (tertiary/aromatic N) is 1. The molecule has 0 fully saturated rings. The first-order valence-electron chi connectivity index (χ1n) is 4.36. The van der Waals surface area contributed by atoms with Gasteiger partial charge in [-0.2, -0.15) is 0 Å². The molecule has 5 nitrogen and oxygen atoms in total. The Hall–Kier alpha value is -1.43. The number of alkyl halides is 1. The highest BCUT2D eigenvalue weighted by atomic mass is 79.9. The molecule has 0 radical (unpaired) electrons. The van der Waals surface area contributed by atoms with E-state index in [4.69, 9.17) is 4.74 Å². The molecule has 1 heterocycles. The van der Waals surface area contributed by atoms with Gasteiger partial charge >= 0.3 is 5.97 Å². The highest BCUT2D eigenvalue weighted by Gasteiger charge is 2.16. The van der Waals surface area contributed by atoms with Crippen LogP contribution in [0.5, 0.6) is 5.75 Å². The monoisotopic (exact) mass is 287 g/mol. The predicted molar refractivity (Wildman–Crippen MR) is 60.3 cm³/mol. The number of aromatic nitrogens is 1. The second-order valence-electron chi connectivity index (χ2n) is 2.80. The Morgan fingerprint density at radius 2 is 2.06 bits per heavy atom. The van der Waals surface area contributed by atoms with E-state index in [9.17, 15) is 9.59 Å². The van der Waals surface area contributed by atoms with E-state index in [1.165, 1.54) is 26.4 Å². The van der Waals surface area contributed by atoms with Gasteiger partial charge in [0.1, 0.15) is 17.1 Å². The Balaban J connectivity index is 3.21. The molecular formula is C10H10BrNO4. The largest absolute Gasteiger partial charge is 0.494 e. The number of ether oxygens (including phenoxy) is 2. The summed E-state index contributed by atoms with van der Waals surface area (Å²) in [5, 5.41) is 0.112. The maximum atomic E-state index is 11.5. The zero-order valence-corrected chi connectivity index (χ0v) is 10.4. The minimum Gasteiger partial charge on any atom is -0.494 e. The first-order chi connectivity index (χ1) is 7.63. The molecule has 0 aliphatic carbocycles. The third-order valence-corrected chi connectivity index (χ3v) is 2.37. The summed E-state index contributed by atoms with van der Waals surface area (Å²) in [5.74, 6) is -0.522. The Labute approximate surface area is 101 Å². The van der Waals surface area contributed by atoms with Crippen molar-refractivity contribution in [2.45, 2.75) is 0 Å². The van der Waals surface area contributed by atoms with Gasteiger partial charge in [0, 0.05) is 0 Å². The molecule has 16 heavy (non-hydrogen) atoms. The van der Waals surface area contributed by atoms with Gasteiger partial charge in [-0.3, -0.25) is 4.79 Å². The zero-order valence-electron chi connectivity index (χ0n) is 8.82. The van der Waals surface area contributed by atoms with Crippen molar-refractivity contribution in [2.24, 2.45) is 0 Å². The fraction of sp³-hybridized carbons (Fsp3) is 0.300. The Kier molecular flexibility index (Phi) is 4.42. The number of methoxy groups -OCH3 is 2. The predicted octanol–water partition coefficient (Wildman–Crippen LogP) is 1.45. The van der Waals surface area contributed by atoms with E-state index >= 15 is 0 Å². The third kappa shape index (κ3) is 2.57. The average Bonchev–Trinajstić information content (AvgIpc) is 2.35. The van der Waals surface area contributed by atoms with Crippen LogP contribution in [0.4, 0.5) is 0 Å². The first kappa shape index (κ1) is 12.6. The van der Waals surface area contributed by atoms with Gasteiger partial charge < -0.3 is 9.47 Å². The minimum absolute atomic E-state index is 0.0765. The van der Waals surface area contributed by atoms with Crippen molar-refractivity contribution in [1.82, 2.24) is 4.98 Å². The molecule has 86 valence electrons. The lowest BCUT2D eigenvalue weighted by Crippen LogP contribution is -2.11. The first-order valence-corrected chi connectivity index (χ1v) is 5.48. The quantitative estimate of drug-likeness (QED) is 0.476. The van der Waals surface area contributed by atoms with Crippen LogP contribution < -0.4 is 4.74 Å². The molecule has 0 bridgehead atoms. The van der Waals surface area contributed by atoms with Crippen LogP contribution in [-0.2, 0) is 4.74 Å². The summed E-state index contributed by atoms with van der Waals surface area (Å²) in [6.45, 7) is 0. The summed E-state index contributed by atoms with van der Waals surface area (Å²) in [4.78, 5) is 26.6. The number of carbonyl (C=O) groups excluding carboxylic acids is 2. The summed E-state index contributed by atoms with van der Waals surface area (Å²) in [5.41, 5.74) is 0.190. The lowest BCUT2D eigenvalue weighted by molar-refractivity contribution is 0.0594. The molecule has 0 saturated carbocycles. The molecule has 0 spiro atoms. The summed E-state index contributed by atoms with van der Waals surface area (Å²) in [7, 11) is 2.68. The minimum atomic E-state index is -0.591. The summed E-state index contributed by atoms with van der Waals surface area (Å²) >= 11 is 3.03. The topological polar surface area (TPSA) is 65.5 Å². The Morgan fingerprint density at radius 3 is 2.56 bits per heavy atom. The molecule has 0 unspecified atom stereocenters. The van der Waals surface area contributed by atoms with Crippen LogP contribution in [0.3, 0.4) is 0 Å². The zero-order chi connectivity index (χ0) is 12.1. The van der Waals surface area contributed by atoms with Crippen LogP contribution >= 0.6 is 15.9 Å². The fourth-order valence-corrected chi connectivity index (χ4v) is 1.36. The number of Topliss-reactive ketones (excluding diaryl/α,β-unsaturated/α-hetero) is 1. The van der Waals surface area contributed by atoms with Crippen LogP contribution in [0.25, 0.3) is 0 Å². The van der Waals surface area contributed by atoms with E-state index in [1.54, 1.807) is 0 Å². The SMILES string of the molecule is COC(=O)c1ccc(OC)c(C(=O)CBr)n1. The molecule has 1 aromatic heterocycles. The van der Waals surface area contributed by atoms with Crippen molar-refractivity contribution < 1.29 is 19.1 Å².